The summed E-state index contributed by atoms with van der Waals surface area (Å²) < 4.78 is -1.67. The molecule has 4 nitrogen and oxygen atoms in total. The van der Waals surface area contributed by atoms with Crippen LogP contribution in [0.4, 0.5) is 0 Å². The van der Waals surface area contributed by atoms with Crippen molar-refractivity contribution in [3.8, 4) is 0 Å². The number of hydrogen-bond acceptors (Lipinski definition) is 2. The van der Waals surface area contributed by atoms with Gasteiger partial charge < -0.3 is 0 Å². The zero-order valence-electron chi connectivity index (χ0n) is 4.71. The Labute approximate surface area is 60.1 Å². The molecular formula is C4H5GeO4. The van der Waals surface area contributed by atoms with Gasteiger partial charge in [-0.2, -0.15) is 0 Å². The van der Waals surface area contributed by atoms with E-state index in [2.05, 4.69) is 0 Å². The number of carboxylic acids is 2. The van der Waals surface area contributed by atoms with E-state index in [-0.39, 0.29) is 0 Å². The molecule has 0 aromatic heterocycles. The molecule has 9 heavy (non-hydrogen) atoms. The Kier molecular flexibility index (Phi) is 2.25. The predicted molar refractivity (Wildman–Crippen MR) is 29.4 cm³/mol. The minimum atomic E-state index is -1.67. The third-order valence-electron chi connectivity index (χ3n) is 0.855. The second kappa shape index (κ2) is 2.39. The monoisotopic (exact) mass is 191 g/mol. The molecule has 49 valence electrons. The molecule has 3 radical (unpaired) electrons. The van der Waals surface area contributed by atoms with Gasteiger partial charge in [-0.05, 0) is 0 Å². The Morgan fingerprint density at radius 2 is 1.56 bits per heavy atom. The van der Waals surface area contributed by atoms with Crippen LogP contribution >= 0.6 is 0 Å². The van der Waals surface area contributed by atoms with E-state index in [0.717, 1.165) is 23.4 Å². The fraction of sp³-hybridized carbons (Fsp3) is 0.500. The molecule has 2 N–H and O–H groups in total. The summed E-state index contributed by atoms with van der Waals surface area (Å²) in [6.45, 7) is 1.14. The summed E-state index contributed by atoms with van der Waals surface area (Å²) in [6, 6.07) is 0. The molecule has 0 atom stereocenters. The molecule has 0 rings (SSSR count). The van der Waals surface area contributed by atoms with Crippen LogP contribution in [0.2, 0.25) is 4.25 Å². The summed E-state index contributed by atoms with van der Waals surface area (Å²) in [5, 5.41) is 16.5. The quantitative estimate of drug-likeness (QED) is 0.454. The van der Waals surface area contributed by atoms with Crippen LogP contribution < -0.4 is 0 Å². The van der Waals surface area contributed by atoms with E-state index in [9.17, 15) is 9.59 Å². The molecule has 5 heteroatoms. The normalized spacial score (nSPS) is 10.9. The van der Waals surface area contributed by atoms with Crippen LogP contribution in [-0.4, -0.2) is 38.7 Å². The maximum atomic E-state index is 10.1. The molecule has 0 aliphatic rings. The van der Waals surface area contributed by atoms with Gasteiger partial charge >= 0.3 is 59.4 Å². The predicted octanol–water partition coefficient (Wildman–Crippen LogP) is -0.497. The molecule has 0 amide bonds. The molecule has 0 aliphatic carbocycles. The minimum absolute atomic E-state index is 1.14. The molecule has 0 unspecified atom stereocenters. The zero-order valence-corrected chi connectivity index (χ0v) is 6.81. The Morgan fingerprint density at radius 3 is 1.56 bits per heavy atom. The van der Waals surface area contributed by atoms with Crippen LogP contribution in [-0.2, 0) is 9.59 Å². The summed E-state index contributed by atoms with van der Waals surface area (Å²) in [6.07, 6.45) is 0. The molecule has 0 aliphatic heterocycles. The summed E-state index contributed by atoms with van der Waals surface area (Å²) in [4.78, 5) is 20.2. The number of carboxylic acid groups (broad SMARTS) is 2. The SMILES string of the molecule is C[C]([Ge])(C(=O)O)C(=O)O. The summed E-state index contributed by atoms with van der Waals surface area (Å²) >= 11 is 1.14. The molecule has 0 aromatic carbocycles. The van der Waals surface area contributed by atoms with Crippen molar-refractivity contribution in [2.24, 2.45) is 0 Å². The van der Waals surface area contributed by atoms with Crippen LogP contribution in [0, 0.1) is 0 Å². The molecule has 0 saturated heterocycles. The van der Waals surface area contributed by atoms with Gasteiger partial charge in [-0.25, -0.2) is 0 Å². The summed E-state index contributed by atoms with van der Waals surface area (Å²) in [5.41, 5.74) is 0. The van der Waals surface area contributed by atoms with E-state index in [0.29, 0.717) is 0 Å². The third-order valence-corrected chi connectivity index (χ3v) is 1.75. The van der Waals surface area contributed by atoms with Crippen LogP contribution in [0.5, 0.6) is 0 Å². The standard InChI is InChI=1S/C4H5GeO4/c1-4(5,2(6)7)3(8)9/h1H3,(H,6,7)(H,8,9). The van der Waals surface area contributed by atoms with Crippen molar-refractivity contribution in [3.63, 3.8) is 0 Å². The van der Waals surface area contributed by atoms with Gasteiger partial charge in [0.2, 0.25) is 0 Å². The molecule has 0 heterocycles. The van der Waals surface area contributed by atoms with E-state index in [1.165, 1.54) is 0 Å². The van der Waals surface area contributed by atoms with Crippen molar-refractivity contribution in [1.82, 2.24) is 0 Å². The average Bonchev–Trinajstić information content (AvgIpc) is 1.65. The summed E-state index contributed by atoms with van der Waals surface area (Å²) in [7, 11) is 0. The van der Waals surface area contributed by atoms with Crippen molar-refractivity contribution in [2.45, 2.75) is 11.2 Å². The Morgan fingerprint density at radius 1 is 1.33 bits per heavy atom. The Bertz CT molecular complexity index is 135. The van der Waals surface area contributed by atoms with E-state index >= 15 is 0 Å². The van der Waals surface area contributed by atoms with Crippen LogP contribution in [0.15, 0.2) is 0 Å². The number of aliphatic carboxylic acids is 2. The van der Waals surface area contributed by atoms with Gasteiger partial charge in [0.25, 0.3) is 0 Å². The average molecular weight is 190 g/mol. The van der Waals surface area contributed by atoms with Crippen molar-refractivity contribution in [1.29, 1.82) is 0 Å². The van der Waals surface area contributed by atoms with Crippen molar-refractivity contribution < 1.29 is 19.8 Å². The Hall–Kier alpha value is -0.517. The first kappa shape index (κ1) is 8.48. The van der Waals surface area contributed by atoms with Crippen molar-refractivity contribution >= 4 is 28.5 Å². The van der Waals surface area contributed by atoms with Gasteiger partial charge in [-0.15, -0.1) is 0 Å². The molecule has 0 spiro atoms. The van der Waals surface area contributed by atoms with Gasteiger partial charge in [-0.3, -0.25) is 0 Å². The van der Waals surface area contributed by atoms with Crippen LogP contribution in [0.1, 0.15) is 6.92 Å². The van der Waals surface area contributed by atoms with Gasteiger partial charge in [0.1, 0.15) is 0 Å². The first-order valence-electron chi connectivity index (χ1n) is 2.11. The Balaban J connectivity index is 4.38. The first-order valence-corrected chi connectivity index (χ1v) is 3.15. The molecule has 0 fully saturated rings. The van der Waals surface area contributed by atoms with Crippen LogP contribution in [0.3, 0.4) is 0 Å². The topological polar surface area (TPSA) is 74.6 Å². The second-order valence-electron chi connectivity index (χ2n) is 1.74. The fourth-order valence-corrected chi connectivity index (χ4v) is 0.0915. The fourth-order valence-electron chi connectivity index (χ4n) is 0.0915. The number of carbonyl (C=O) groups is 2. The van der Waals surface area contributed by atoms with Crippen molar-refractivity contribution in [2.75, 3.05) is 0 Å². The first-order chi connectivity index (χ1) is 3.89. The molecular weight excluding hydrogens is 185 g/mol. The third kappa shape index (κ3) is 1.71. The van der Waals surface area contributed by atoms with E-state index in [1.54, 1.807) is 0 Å². The number of rotatable bonds is 2. The second-order valence-corrected chi connectivity index (χ2v) is 3.83. The zero-order chi connectivity index (χ0) is 7.65. The van der Waals surface area contributed by atoms with E-state index in [1.807, 2.05) is 0 Å². The van der Waals surface area contributed by atoms with Crippen LogP contribution in [0.25, 0.3) is 0 Å². The van der Waals surface area contributed by atoms with Crippen molar-refractivity contribution in [3.05, 3.63) is 0 Å². The van der Waals surface area contributed by atoms with Gasteiger partial charge in [0.05, 0.1) is 0 Å². The molecule has 0 aromatic rings. The van der Waals surface area contributed by atoms with Gasteiger partial charge in [0.15, 0.2) is 0 Å². The van der Waals surface area contributed by atoms with E-state index < -0.39 is 16.2 Å². The maximum absolute atomic E-state index is 10.1. The van der Waals surface area contributed by atoms with E-state index in [4.69, 9.17) is 10.2 Å². The van der Waals surface area contributed by atoms with Gasteiger partial charge in [0, 0.05) is 0 Å². The molecule has 0 saturated carbocycles. The summed E-state index contributed by atoms with van der Waals surface area (Å²) in [5.74, 6) is -2.65. The van der Waals surface area contributed by atoms with Gasteiger partial charge in [-0.1, -0.05) is 0 Å². The molecule has 0 bridgehead atoms. The number of hydrogen-bond donors (Lipinski definition) is 2.